The molecule has 2 saturated carbocycles. The molecule has 0 amide bonds. The minimum Gasteiger partial charge on any atom is -0.313 e. The summed E-state index contributed by atoms with van der Waals surface area (Å²) in [5.74, 6) is 9.67. The van der Waals surface area contributed by atoms with E-state index < -0.39 is 14.3 Å². The van der Waals surface area contributed by atoms with Crippen molar-refractivity contribution in [2.24, 2.45) is 0 Å². The second-order valence-electron chi connectivity index (χ2n) is 12.3. The van der Waals surface area contributed by atoms with Gasteiger partial charge >= 0.3 is 17.1 Å². The molecule has 0 unspecified atom stereocenters. The zero-order valence-electron chi connectivity index (χ0n) is 28.6. The SMILES string of the molecule is C[C]1[C](C)[C](C)[C](P(=O)(c2ccccc2)c2ccccc2)[C]1C.C[C]1[C](C)[C](C)[C](P(=O)(c2ccccc2)c2ccccc2)[C]1C.[Fe+2]. The first-order valence-electron chi connectivity index (χ1n) is 15.8. The average Bonchev–Trinajstić information content (AvgIpc) is 3.42. The molecule has 0 saturated heterocycles. The van der Waals surface area contributed by atoms with Gasteiger partial charge in [0.25, 0.3) is 0 Å². The zero-order valence-corrected chi connectivity index (χ0v) is 31.5. The van der Waals surface area contributed by atoms with E-state index in [4.69, 9.17) is 0 Å². The molecule has 6 rings (SSSR count). The van der Waals surface area contributed by atoms with E-state index in [9.17, 15) is 9.13 Å². The molecule has 2 aliphatic rings. The fourth-order valence-electron chi connectivity index (χ4n) is 6.71. The molecule has 10 radical (unpaired) electrons. The fourth-order valence-corrected chi connectivity index (χ4v) is 13.3. The summed E-state index contributed by atoms with van der Waals surface area (Å²) in [5, 5.41) is 3.62. The minimum absolute atomic E-state index is 0. The summed E-state index contributed by atoms with van der Waals surface area (Å²) >= 11 is 0. The largest absolute Gasteiger partial charge is 2.00 e. The molecule has 240 valence electrons. The first-order chi connectivity index (χ1) is 22.0. The van der Waals surface area contributed by atoms with Crippen molar-refractivity contribution < 1.29 is 26.2 Å². The van der Waals surface area contributed by atoms with Gasteiger partial charge in [0, 0.05) is 21.2 Å². The number of hydrogen-bond donors (Lipinski definition) is 0. The van der Waals surface area contributed by atoms with Gasteiger partial charge in [0.1, 0.15) is 0 Å². The third-order valence-corrected chi connectivity index (χ3v) is 16.6. The molecular weight excluding hydrogens is 654 g/mol. The van der Waals surface area contributed by atoms with Crippen LogP contribution in [0.25, 0.3) is 0 Å². The smallest absolute Gasteiger partial charge is 0.313 e. The molecule has 0 heterocycles. The van der Waals surface area contributed by atoms with Crippen LogP contribution in [0.4, 0.5) is 0 Å². The van der Waals surface area contributed by atoms with Crippen molar-refractivity contribution in [3.8, 4) is 0 Å². The molecule has 0 bridgehead atoms. The number of rotatable bonds is 6. The van der Waals surface area contributed by atoms with Crippen LogP contribution in [0.2, 0.25) is 0 Å². The predicted molar refractivity (Wildman–Crippen MR) is 197 cm³/mol. The molecule has 4 aromatic carbocycles. The second kappa shape index (κ2) is 15.6. The maximum Gasteiger partial charge on any atom is 2.00 e. The van der Waals surface area contributed by atoms with Gasteiger partial charge in [-0.1, -0.05) is 177 Å². The van der Waals surface area contributed by atoms with Gasteiger partial charge in [-0.2, -0.15) is 0 Å². The van der Waals surface area contributed by atoms with Gasteiger partial charge in [-0.15, -0.1) is 0 Å². The van der Waals surface area contributed by atoms with Gasteiger partial charge in [0.15, 0.2) is 14.3 Å². The second-order valence-corrected chi connectivity index (χ2v) is 17.7. The third kappa shape index (κ3) is 6.86. The third-order valence-electron chi connectivity index (χ3n) is 9.90. The summed E-state index contributed by atoms with van der Waals surface area (Å²) in [7, 11) is -5.72. The van der Waals surface area contributed by atoms with Crippen molar-refractivity contribution in [3.63, 3.8) is 0 Å². The van der Waals surface area contributed by atoms with Gasteiger partial charge in [0.2, 0.25) is 0 Å². The van der Waals surface area contributed by atoms with E-state index in [1.807, 2.05) is 121 Å². The molecule has 0 spiro atoms. The first-order valence-corrected chi connectivity index (χ1v) is 19.3. The van der Waals surface area contributed by atoms with Crippen molar-refractivity contribution in [2.75, 3.05) is 0 Å². The van der Waals surface area contributed by atoms with Crippen molar-refractivity contribution >= 4 is 35.5 Å². The maximum atomic E-state index is 14.4. The molecule has 0 N–H and O–H groups in total. The van der Waals surface area contributed by atoms with Crippen LogP contribution in [0.5, 0.6) is 0 Å². The van der Waals surface area contributed by atoms with Crippen LogP contribution in [0.15, 0.2) is 121 Å². The minimum atomic E-state index is -2.86. The van der Waals surface area contributed by atoms with Gasteiger partial charge in [-0.05, 0) is 47.3 Å². The Morgan fingerprint density at radius 1 is 0.298 bits per heavy atom. The van der Waals surface area contributed by atoms with Crippen molar-refractivity contribution in [3.05, 3.63) is 180 Å². The van der Waals surface area contributed by atoms with Crippen LogP contribution >= 0.6 is 14.3 Å². The Kier molecular flexibility index (Phi) is 12.5. The van der Waals surface area contributed by atoms with E-state index >= 15 is 0 Å². The van der Waals surface area contributed by atoms with Crippen LogP contribution in [0.1, 0.15) is 55.4 Å². The quantitative estimate of drug-likeness (QED) is 0.149. The van der Waals surface area contributed by atoms with E-state index in [1.165, 1.54) is 23.7 Å². The standard InChI is InChI=1S/2C21H22OP.Fe/c2*1-15-16(2)18(4)21(17(15)3)23(22,19-11-7-5-8-12-19)20-13-9-6-10-14-20;/h2*5-14H,1-4H3;/q;;+2. The van der Waals surface area contributed by atoms with Crippen molar-refractivity contribution in [2.45, 2.75) is 55.4 Å². The normalized spacial score (nSPS) is 19.1. The van der Waals surface area contributed by atoms with Crippen LogP contribution in [-0.4, -0.2) is 0 Å². The molecule has 2 aliphatic carbocycles. The van der Waals surface area contributed by atoms with E-state index in [2.05, 4.69) is 55.4 Å². The molecule has 2 fully saturated rings. The summed E-state index contributed by atoms with van der Waals surface area (Å²) in [5.41, 5.74) is 2.04. The molecule has 0 atom stereocenters. The number of hydrogen-bond acceptors (Lipinski definition) is 2. The van der Waals surface area contributed by atoms with Crippen LogP contribution in [0.3, 0.4) is 0 Å². The Morgan fingerprint density at radius 2 is 0.468 bits per heavy atom. The topological polar surface area (TPSA) is 34.1 Å². The summed E-state index contributed by atoms with van der Waals surface area (Å²) in [6.45, 7) is 16.9. The molecular formula is C42H44FeO2P2+2. The Hall–Kier alpha value is -2.14. The monoisotopic (exact) mass is 698 g/mol. The first kappa shape index (κ1) is 37.7. The molecule has 2 nitrogen and oxygen atoms in total. The van der Waals surface area contributed by atoms with Crippen molar-refractivity contribution in [1.82, 2.24) is 0 Å². The summed E-state index contributed by atoms with van der Waals surface area (Å²) < 4.78 is 28.9. The van der Waals surface area contributed by atoms with E-state index in [-0.39, 0.29) is 17.1 Å². The molecule has 47 heavy (non-hydrogen) atoms. The Bertz CT molecular complexity index is 1410. The predicted octanol–water partition coefficient (Wildman–Crippen LogP) is 9.84. The summed E-state index contributed by atoms with van der Waals surface area (Å²) in [6.07, 6.45) is 0. The van der Waals surface area contributed by atoms with Gasteiger partial charge in [-0.25, -0.2) is 0 Å². The summed E-state index contributed by atoms with van der Waals surface area (Å²) in [4.78, 5) is 0. The molecule has 4 aromatic rings. The van der Waals surface area contributed by atoms with E-state index in [0.29, 0.717) is 0 Å². The van der Waals surface area contributed by atoms with Crippen LogP contribution < -0.4 is 21.2 Å². The average molecular weight is 699 g/mol. The van der Waals surface area contributed by atoms with Crippen LogP contribution in [-0.2, 0) is 26.2 Å². The van der Waals surface area contributed by atoms with Crippen molar-refractivity contribution in [1.29, 1.82) is 0 Å². The Labute approximate surface area is 295 Å². The molecule has 0 aliphatic heterocycles. The van der Waals surface area contributed by atoms with Gasteiger partial charge in [-0.3, -0.25) is 0 Å². The van der Waals surface area contributed by atoms with Gasteiger partial charge < -0.3 is 9.13 Å². The Morgan fingerprint density at radius 3 is 0.638 bits per heavy atom. The van der Waals surface area contributed by atoms with E-state index in [0.717, 1.165) is 56.2 Å². The zero-order chi connectivity index (χ0) is 33.2. The van der Waals surface area contributed by atoms with Crippen LogP contribution in [0, 0.1) is 58.7 Å². The Balaban J connectivity index is 0.000000208. The fraction of sp³-hybridized carbons (Fsp3) is 0.190. The summed E-state index contributed by atoms with van der Waals surface area (Å²) in [6, 6.07) is 39.6. The maximum absolute atomic E-state index is 14.4. The van der Waals surface area contributed by atoms with Gasteiger partial charge in [0.05, 0.1) is 11.3 Å². The molecule has 0 aromatic heterocycles. The van der Waals surface area contributed by atoms with E-state index in [1.54, 1.807) is 0 Å². The molecule has 5 heteroatoms. The number of benzene rings is 4.